The number of carbonyl (C=O) groups excluding carboxylic acids is 1. The molecule has 0 bridgehead atoms. The predicted octanol–water partition coefficient (Wildman–Crippen LogP) is 1.40. The van der Waals surface area contributed by atoms with E-state index in [1.807, 2.05) is 20.8 Å². The van der Waals surface area contributed by atoms with Gasteiger partial charge in [-0.15, -0.1) is 0 Å². The summed E-state index contributed by atoms with van der Waals surface area (Å²) in [6.07, 6.45) is 0. The highest BCUT2D eigenvalue weighted by Crippen LogP contribution is 2.16. The first-order valence-electron chi connectivity index (χ1n) is 10.0. The van der Waals surface area contributed by atoms with E-state index in [-0.39, 0.29) is 35.4 Å². The third kappa shape index (κ3) is 8.23. The zero-order chi connectivity index (χ0) is 23.8. The van der Waals surface area contributed by atoms with Crippen molar-refractivity contribution >= 4 is 26.0 Å². The third-order valence-electron chi connectivity index (χ3n) is 4.26. The molecule has 0 saturated carbocycles. The molecule has 0 unspecified atom stereocenters. The quantitative estimate of drug-likeness (QED) is 0.391. The van der Waals surface area contributed by atoms with Crippen molar-refractivity contribution in [2.45, 2.75) is 30.6 Å². The molecule has 0 heterocycles. The standard InChI is InChI=1S/C21H29N3O6S2/c1-16(2)14-24-32(28,29)20-10-6-18(7-11-20)30-15-21(25)22-12-13-23-31(26,27)19-8-4-17(3)5-9-19/h4-11,16,23-24H,12-15H2,1-3H3,(H,22,25). The van der Waals surface area contributed by atoms with Crippen LogP contribution in [-0.2, 0) is 24.8 Å². The summed E-state index contributed by atoms with van der Waals surface area (Å²) in [5.41, 5.74) is 0.954. The largest absolute Gasteiger partial charge is 0.484 e. The third-order valence-corrected chi connectivity index (χ3v) is 7.17. The maximum absolute atomic E-state index is 12.2. The van der Waals surface area contributed by atoms with E-state index in [0.29, 0.717) is 12.3 Å². The number of carbonyl (C=O) groups is 1. The molecule has 2 aromatic carbocycles. The highest BCUT2D eigenvalue weighted by atomic mass is 32.2. The van der Waals surface area contributed by atoms with Crippen molar-refractivity contribution in [3.05, 3.63) is 54.1 Å². The zero-order valence-corrected chi connectivity index (χ0v) is 19.9. The molecule has 32 heavy (non-hydrogen) atoms. The van der Waals surface area contributed by atoms with E-state index in [9.17, 15) is 21.6 Å². The van der Waals surface area contributed by atoms with Gasteiger partial charge in [0.05, 0.1) is 9.79 Å². The van der Waals surface area contributed by atoms with Gasteiger partial charge in [-0.1, -0.05) is 31.5 Å². The van der Waals surface area contributed by atoms with Crippen LogP contribution < -0.4 is 19.5 Å². The topological polar surface area (TPSA) is 131 Å². The Morgan fingerprint density at radius 1 is 0.844 bits per heavy atom. The van der Waals surface area contributed by atoms with E-state index in [4.69, 9.17) is 4.74 Å². The van der Waals surface area contributed by atoms with Crippen molar-refractivity contribution in [3.8, 4) is 5.75 Å². The van der Waals surface area contributed by atoms with Gasteiger partial charge in [-0.05, 0) is 49.2 Å². The molecule has 2 rings (SSSR count). The molecule has 0 radical (unpaired) electrons. The summed E-state index contributed by atoms with van der Waals surface area (Å²) < 4.78 is 59.0. The molecular formula is C21H29N3O6S2. The van der Waals surface area contributed by atoms with Gasteiger partial charge < -0.3 is 10.1 Å². The molecule has 9 nitrogen and oxygen atoms in total. The molecule has 2 aromatic rings. The van der Waals surface area contributed by atoms with Gasteiger partial charge in [0.2, 0.25) is 20.0 Å². The monoisotopic (exact) mass is 483 g/mol. The highest BCUT2D eigenvalue weighted by molar-refractivity contribution is 7.89. The zero-order valence-electron chi connectivity index (χ0n) is 18.3. The lowest BCUT2D eigenvalue weighted by molar-refractivity contribution is -0.123. The smallest absolute Gasteiger partial charge is 0.257 e. The number of aryl methyl sites for hydroxylation is 1. The maximum atomic E-state index is 12.2. The second-order valence-corrected chi connectivity index (χ2v) is 11.1. The second-order valence-electron chi connectivity index (χ2n) is 7.57. The molecule has 0 fully saturated rings. The van der Waals surface area contributed by atoms with Crippen LogP contribution in [0.25, 0.3) is 0 Å². The molecule has 0 aliphatic heterocycles. The number of benzene rings is 2. The van der Waals surface area contributed by atoms with Crippen LogP contribution in [0.3, 0.4) is 0 Å². The second kappa shape index (κ2) is 11.4. The Hall–Kier alpha value is -2.47. The molecule has 0 aromatic heterocycles. The van der Waals surface area contributed by atoms with Gasteiger partial charge in [0.15, 0.2) is 6.61 Å². The van der Waals surface area contributed by atoms with Crippen molar-refractivity contribution in [1.82, 2.24) is 14.8 Å². The number of nitrogens with one attached hydrogen (secondary N) is 3. The van der Waals surface area contributed by atoms with Gasteiger partial charge in [0.25, 0.3) is 5.91 Å². The Bertz CT molecular complexity index is 1100. The van der Waals surface area contributed by atoms with Crippen LogP contribution in [0.4, 0.5) is 0 Å². The molecule has 0 aliphatic carbocycles. The van der Waals surface area contributed by atoms with E-state index in [2.05, 4.69) is 14.8 Å². The van der Waals surface area contributed by atoms with Gasteiger partial charge in [0.1, 0.15) is 5.75 Å². The fourth-order valence-electron chi connectivity index (χ4n) is 2.46. The molecule has 1 amide bonds. The summed E-state index contributed by atoms with van der Waals surface area (Å²) in [5.74, 6) is 0.0849. The Balaban J connectivity index is 1.74. The van der Waals surface area contributed by atoms with Gasteiger partial charge >= 0.3 is 0 Å². The van der Waals surface area contributed by atoms with Crippen molar-refractivity contribution in [2.24, 2.45) is 5.92 Å². The van der Waals surface area contributed by atoms with Crippen molar-refractivity contribution in [2.75, 3.05) is 26.2 Å². The molecular weight excluding hydrogens is 454 g/mol. The maximum Gasteiger partial charge on any atom is 0.257 e. The SMILES string of the molecule is Cc1ccc(S(=O)(=O)NCCNC(=O)COc2ccc(S(=O)(=O)NCC(C)C)cc2)cc1. The summed E-state index contributed by atoms with van der Waals surface area (Å²) in [5, 5.41) is 2.55. The molecule has 0 spiro atoms. The van der Waals surface area contributed by atoms with Crippen LogP contribution in [0.2, 0.25) is 0 Å². The van der Waals surface area contributed by atoms with Crippen LogP contribution >= 0.6 is 0 Å². The number of sulfonamides is 2. The van der Waals surface area contributed by atoms with Crippen molar-refractivity contribution < 1.29 is 26.4 Å². The van der Waals surface area contributed by atoms with Gasteiger partial charge in [-0.2, -0.15) is 0 Å². The first kappa shape index (κ1) is 25.8. The van der Waals surface area contributed by atoms with E-state index >= 15 is 0 Å². The fraction of sp³-hybridized carbons (Fsp3) is 0.381. The van der Waals surface area contributed by atoms with E-state index in [0.717, 1.165) is 5.56 Å². The number of amides is 1. The molecule has 0 aliphatic rings. The average molecular weight is 484 g/mol. The Morgan fingerprint density at radius 2 is 1.38 bits per heavy atom. The Labute approximate surface area is 189 Å². The Kier molecular flexibility index (Phi) is 9.20. The number of hydrogen-bond acceptors (Lipinski definition) is 6. The van der Waals surface area contributed by atoms with Crippen LogP contribution in [-0.4, -0.2) is 49.0 Å². The normalized spacial score (nSPS) is 12.0. The minimum atomic E-state index is -3.64. The molecule has 11 heteroatoms. The van der Waals surface area contributed by atoms with E-state index < -0.39 is 26.0 Å². The summed E-state index contributed by atoms with van der Waals surface area (Å²) in [7, 11) is -7.24. The summed E-state index contributed by atoms with van der Waals surface area (Å²) in [4.78, 5) is 12.2. The molecule has 3 N–H and O–H groups in total. The summed E-state index contributed by atoms with van der Waals surface area (Å²) in [6, 6.07) is 12.2. The lowest BCUT2D eigenvalue weighted by atomic mass is 10.2. The molecule has 0 atom stereocenters. The van der Waals surface area contributed by atoms with E-state index in [1.165, 1.54) is 36.4 Å². The number of hydrogen-bond donors (Lipinski definition) is 3. The molecule has 176 valence electrons. The lowest BCUT2D eigenvalue weighted by Crippen LogP contribution is -2.36. The Morgan fingerprint density at radius 3 is 1.94 bits per heavy atom. The highest BCUT2D eigenvalue weighted by Gasteiger charge is 2.15. The minimum absolute atomic E-state index is 0.0257. The van der Waals surface area contributed by atoms with Crippen LogP contribution in [0, 0.1) is 12.8 Å². The first-order chi connectivity index (χ1) is 15.0. The minimum Gasteiger partial charge on any atom is -0.484 e. The van der Waals surface area contributed by atoms with Crippen LogP contribution in [0.5, 0.6) is 5.75 Å². The summed E-state index contributed by atoms with van der Waals surface area (Å²) >= 11 is 0. The first-order valence-corrected chi connectivity index (χ1v) is 13.0. The van der Waals surface area contributed by atoms with Crippen LogP contribution in [0.1, 0.15) is 19.4 Å². The van der Waals surface area contributed by atoms with Crippen molar-refractivity contribution in [1.29, 1.82) is 0 Å². The van der Waals surface area contributed by atoms with Gasteiger partial charge in [0, 0.05) is 19.6 Å². The number of ether oxygens (including phenoxy) is 1. The van der Waals surface area contributed by atoms with E-state index in [1.54, 1.807) is 12.1 Å². The average Bonchev–Trinajstić information content (AvgIpc) is 2.74. The van der Waals surface area contributed by atoms with Crippen LogP contribution in [0.15, 0.2) is 58.3 Å². The fourth-order valence-corrected chi connectivity index (χ4v) is 4.71. The summed E-state index contributed by atoms with van der Waals surface area (Å²) in [6.45, 7) is 5.84. The molecule has 0 saturated heterocycles. The van der Waals surface area contributed by atoms with Gasteiger partial charge in [-0.25, -0.2) is 26.3 Å². The number of rotatable bonds is 12. The van der Waals surface area contributed by atoms with Crippen molar-refractivity contribution in [3.63, 3.8) is 0 Å². The lowest BCUT2D eigenvalue weighted by Gasteiger charge is -2.11. The van der Waals surface area contributed by atoms with Gasteiger partial charge in [-0.3, -0.25) is 4.79 Å². The predicted molar refractivity (Wildman–Crippen MR) is 121 cm³/mol.